The zero-order valence-electron chi connectivity index (χ0n) is 12.9. The first-order valence-electron chi connectivity index (χ1n) is 7.84. The van der Waals surface area contributed by atoms with Crippen molar-refractivity contribution in [3.63, 3.8) is 0 Å². The molecule has 8 heteroatoms. The number of nitrogens with one attached hydrogen (secondary N) is 1. The minimum Gasteiger partial charge on any atom is -0.350 e. The van der Waals surface area contributed by atoms with Gasteiger partial charge in [-0.25, -0.2) is 4.68 Å². The molecule has 0 atom stereocenters. The fourth-order valence-corrected chi connectivity index (χ4v) is 3.48. The summed E-state index contributed by atoms with van der Waals surface area (Å²) < 4.78 is 1.94. The molecule has 1 aliphatic carbocycles. The Bertz CT molecular complexity index is 626. The van der Waals surface area contributed by atoms with Crippen LogP contribution in [0.1, 0.15) is 43.2 Å². The van der Waals surface area contributed by atoms with Crippen LogP contribution in [0.5, 0.6) is 0 Å². The van der Waals surface area contributed by atoms with Crippen LogP contribution in [-0.2, 0) is 17.1 Å². The molecule has 2 aromatic heterocycles. The summed E-state index contributed by atoms with van der Waals surface area (Å²) in [5.41, 5.74) is 0.857. The van der Waals surface area contributed by atoms with Crippen molar-refractivity contribution in [1.82, 2.24) is 30.5 Å². The molecule has 0 aromatic carbocycles. The lowest BCUT2D eigenvalue weighted by Gasteiger charge is -2.11. The molecular weight excluding hydrogens is 312 g/mol. The van der Waals surface area contributed by atoms with Crippen molar-refractivity contribution in [1.29, 1.82) is 0 Å². The van der Waals surface area contributed by atoms with Gasteiger partial charge in [-0.15, -0.1) is 16.9 Å². The zero-order valence-corrected chi connectivity index (χ0v) is 13.7. The third kappa shape index (κ3) is 4.51. The van der Waals surface area contributed by atoms with E-state index < -0.39 is 0 Å². The number of hydrogen-bond donors (Lipinski definition) is 1. The second-order valence-corrected chi connectivity index (χ2v) is 6.55. The summed E-state index contributed by atoms with van der Waals surface area (Å²) in [6.45, 7) is 0.458. The van der Waals surface area contributed by atoms with Crippen LogP contribution in [0.25, 0.3) is 0 Å². The monoisotopic (exact) mass is 332 g/mol. The van der Waals surface area contributed by atoms with Gasteiger partial charge in [0.1, 0.15) is 0 Å². The SMILES string of the molecule is O=C(CSCc1nnnn1C1CCCC1)NCc1ccccn1. The van der Waals surface area contributed by atoms with E-state index in [1.165, 1.54) is 24.6 Å². The molecule has 23 heavy (non-hydrogen) atoms. The lowest BCUT2D eigenvalue weighted by molar-refractivity contribution is -0.118. The van der Waals surface area contributed by atoms with E-state index >= 15 is 0 Å². The molecular formula is C15H20N6OS. The molecule has 0 saturated heterocycles. The Balaban J connectivity index is 1.41. The Morgan fingerprint density at radius 3 is 3.00 bits per heavy atom. The summed E-state index contributed by atoms with van der Waals surface area (Å²) in [5, 5.41) is 14.8. The van der Waals surface area contributed by atoms with Gasteiger partial charge in [-0.1, -0.05) is 18.9 Å². The van der Waals surface area contributed by atoms with Crippen molar-refractivity contribution >= 4 is 17.7 Å². The normalized spacial score (nSPS) is 15.0. The van der Waals surface area contributed by atoms with Crippen LogP contribution < -0.4 is 5.32 Å². The second kappa shape index (κ2) is 8.05. The highest BCUT2D eigenvalue weighted by Gasteiger charge is 2.21. The summed E-state index contributed by atoms with van der Waals surface area (Å²) >= 11 is 1.53. The maximum Gasteiger partial charge on any atom is 0.230 e. The number of pyridine rings is 1. The molecule has 0 unspecified atom stereocenters. The number of tetrazole rings is 1. The minimum absolute atomic E-state index is 0.000504. The molecule has 2 heterocycles. The van der Waals surface area contributed by atoms with Gasteiger partial charge >= 0.3 is 0 Å². The zero-order chi connectivity index (χ0) is 15.9. The van der Waals surface area contributed by atoms with Gasteiger partial charge in [-0.2, -0.15) is 0 Å². The third-order valence-corrected chi connectivity index (χ3v) is 4.82. The molecule has 0 bridgehead atoms. The lowest BCUT2D eigenvalue weighted by atomic mass is 10.2. The van der Waals surface area contributed by atoms with Crippen molar-refractivity contribution in [2.24, 2.45) is 0 Å². The summed E-state index contributed by atoms with van der Waals surface area (Å²) in [5.74, 6) is 1.91. The summed E-state index contributed by atoms with van der Waals surface area (Å²) in [7, 11) is 0. The third-order valence-electron chi connectivity index (χ3n) is 3.89. The smallest absolute Gasteiger partial charge is 0.230 e. The van der Waals surface area contributed by atoms with Crippen LogP contribution in [0, 0.1) is 0 Å². The summed E-state index contributed by atoms with van der Waals surface area (Å²) in [6, 6.07) is 6.09. The topological polar surface area (TPSA) is 85.6 Å². The van der Waals surface area contributed by atoms with Crippen molar-refractivity contribution in [2.45, 2.75) is 44.0 Å². The van der Waals surface area contributed by atoms with Crippen LogP contribution >= 0.6 is 11.8 Å². The van der Waals surface area contributed by atoms with Gasteiger partial charge in [0.25, 0.3) is 0 Å². The Hall–Kier alpha value is -1.96. The molecule has 1 amide bonds. The van der Waals surface area contributed by atoms with E-state index in [0.717, 1.165) is 24.4 Å². The van der Waals surface area contributed by atoms with E-state index in [4.69, 9.17) is 0 Å². The number of carbonyl (C=O) groups excluding carboxylic acids is 1. The van der Waals surface area contributed by atoms with E-state index in [1.54, 1.807) is 6.20 Å². The number of amides is 1. The van der Waals surface area contributed by atoms with E-state index in [9.17, 15) is 4.79 Å². The molecule has 2 aromatic rings. The van der Waals surface area contributed by atoms with Gasteiger partial charge in [0, 0.05) is 6.20 Å². The first kappa shape index (κ1) is 15.9. The van der Waals surface area contributed by atoms with E-state index in [2.05, 4.69) is 25.8 Å². The van der Waals surface area contributed by atoms with Crippen molar-refractivity contribution in [2.75, 3.05) is 5.75 Å². The molecule has 122 valence electrons. The Morgan fingerprint density at radius 2 is 2.22 bits per heavy atom. The Kier molecular flexibility index (Phi) is 5.57. The molecule has 3 rings (SSSR count). The van der Waals surface area contributed by atoms with Gasteiger partial charge in [0.2, 0.25) is 5.91 Å². The van der Waals surface area contributed by atoms with Crippen LogP contribution in [0.2, 0.25) is 0 Å². The van der Waals surface area contributed by atoms with E-state index in [0.29, 0.717) is 24.1 Å². The van der Waals surface area contributed by atoms with Gasteiger partial charge in [-0.05, 0) is 35.4 Å². The van der Waals surface area contributed by atoms with Gasteiger partial charge in [0.15, 0.2) is 5.82 Å². The minimum atomic E-state index is 0.000504. The average Bonchev–Trinajstić information content (AvgIpc) is 3.25. The summed E-state index contributed by atoms with van der Waals surface area (Å²) in [6.07, 6.45) is 6.50. The van der Waals surface area contributed by atoms with Crippen molar-refractivity contribution < 1.29 is 4.79 Å². The fraction of sp³-hybridized carbons (Fsp3) is 0.533. The summed E-state index contributed by atoms with van der Waals surface area (Å²) in [4.78, 5) is 16.0. The highest BCUT2D eigenvalue weighted by atomic mass is 32.2. The molecule has 0 spiro atoms. The molecule has 1 N–H and O–H groups in total. The Labute approximate surface area is 139 Å². The Morgan fingerprint density at radius 1 is 1.35 bits per heavy atom. The maximum atomic E-state index is 11.9. The van der Waals surface area contributed by atoms with Crippen molar-refractivity contribution in [3.05, 3.63) is 35.9 Å². The molecule has 1 aliphatic rings. The lowest BCUT2D eigenvalue weighted by Crippen LogP contribution is -2.25. The number of aromatic nitrogens is 5. The van der Waals surface area contributed by atoms with E-state index in [1.807, 2.05) is 22.9 Å². The molecule has 0 aliphatic heterocycles. The van der Waals surface area contributed by atoms with Gasteiger partial charge < -0.3 is 5.32 Å². The second-order valence-electron chi connectivity index (χ2n) is 5.57. The van der Waals surface area contributed by atoms with Crippen LogP contribution in [0.15, 0.2) is 24.4 Å². The van der Waals surface area contributed by atoms with Crippen LogP contribution in [0.4, 0.5) is 0 Å². The van der Waals surface area contributed by atoms with Gasteiger partial charge in [-0.3, -0.25) is 9.78 Å². The quantitative estimate of drug-likeness (QED) is 0.831. The number of nitrogens with zero attached hydrogens (tertiary/aromatic N) is 5. The predicted molar refractivity (Wildman–Crippen MR) is 87.6 cm³/mol. The maximum absolute atomic E-state index is 11.9. The van der Waals surface area contributed by atoms with Crippen LogP contribution in [0.3, 0.4) is 0 Å². The molecule has 1 saturated carbocycles. The first-order valence-corrected chi connectivity index (χ1v) is 8.99. The molecule has 0 radical (unpaired) electrons. The highest BCUT2D eigenvalue weighted by Crippen LogP contribution is 2.29. The van der Waals surface area contributed by atoms with Crippen LogP contribution in [-0.4, -0.2) is 36.9 Å². The largest absolute Gasteiger partial charge is 0.350 e. The molecule has 1 fully saturated rings. The standard InChI is InChI=1S/C15H20N6OS/c22-15(17-9-12-5-3-4-8-16-12)11-23-10-14-18-19-20-21(14)13-6-1-2-7-13/h3-5,8,13H,1-2,6-7,9-11H2,(H,17,22). The number of thioether (sulfide) groups is 1. The number of hydrogen-bond acceptors (Lipinski definition) is 6. The first-order chi connectivity index (χ1) is 11.3. The average molecular weight is 332 g/mol. The van der Waals surface area contributed by atoms with Gasteiger partial charge in [0.05, 0.1) is 29.8 Å². The highest BCUT2D eigenvalue weighted by molar-refractivity contribution is 7.99. The fourth-order valence-electron chi connectivity index (χ4n) is 2.72. The number of carbonyl (C=O) groups is 1. The number of rotatable bonds is 7. The molecule has 7 nitrogen and oxygen atoms in total. The van der Waals surface area contributed by atoms with E-state index in [-0.39, 0.29) is 5.91 Å². The predicted octanol–water partition coefficient (Wildman–Crippen LogP) is 1.73. The van der Waals surface area contributed by atoms with Crippen molar-refractivity contribution in [3.8, 4) is 0 Å².